The topological polar surface area (TPSA) is 40.5 Å². The highest BCUT2D eigenvalue weighted by Gasteiger charge is 2.15. The average molecular weight is 169 g/mol. The van der Waals surface area contributed by atoms with Crippen molar-refractivity contribution in [3.05, 3.63) is 12.2 Å². The summed E-state index contributed by atoms with van der Waals surface area (Å²) in [5.74, 6) is 0.243. The van der Waals surface area contributed by atoms with Gasteiger partial charge in [0.25, 0.3) is 0 Å². The van der Waals surface area contributed by atoms with Gasteiger partial charge in [-0.3, -0.25) is 10.0 Å². The molecule has 3 nitrogen and oxygen atoms in total. The van der Waals surface area contributed by atoms with Crippen molar-refractivity contribution in [1.29, 1.82) is 0 Å². The van der Waals surface area contributed by atoms with E-state index in [0.29, 0.717) is 17.4 Å². The van der Waals surface area contributed by atoms with E-state index in [4.69, 9.17) is 5.21 Å². The summed E-state index contributed by atoms with van der Waals surface area (Å²) in [7, 11) is 1.38. The van der Waals surface area contributed by atoms with Gasteiger partial charge in [-0.25, -0.2) is 5.06 Å². The van der Waals surface area contributed by atoms with Crippen LogP contribution in [0.3, 0.4) is 0 Å². The van der Waals surface area contributed by atoms with Crippen LogP contribution >= 0.6 is 0 Å². The van der Waals surface area contributed by atoms with Crippen LogP contribution in [0.4, 0.5) is 0 Å². The Hall–Kier alpha value is -0.830. The van der Waals surface area contributed by atoms with Crippen molar-refractivity contribution in [2.24, 2.45) is 5.92 Å². The second-order valence-electron chi connectivity index (χ2n) is 3.27. The zero-order valence-electron chi connectivity index (χ0n) is 7.36. The number of hydrogen-bond donors (Lipinski definition) is 1. The maximum Gasteiger partial charge on any atom is 0.245 e. The van der Waals surface area contributed by atoms with Crippen LogP contribution in [0.2, 0.25) is 0 Å². The first-order chi connectivity index (χ1) is 5.70. The molecule has 0 bridgehead atoms. The summed E-state index contributed by atoms with van der Waals surface area (Å²) in [5, 5.41) is 9.50. The number of nitrogens with zero attached hydrogens (tertiary/aromatic N) is 1. The van der Waals surface area contributed by atoms with Gasteiger partial charge in [-0.05, 0) is 25.2 Å². The Kier molecular flexibility index (Phi) is 3.29. The summed E-state index contributed by atoms with van der Waals surface area (Å²) in [6.07, 6.45) is 7.82. The average Bonchev–Trinajstić information content (AvgIpc) is 2.06. The van der Waals surface area contributed by atoms with E-state index in [0.717, 1.165) is 19.3 Å². The lowest BCUT2D eigenvalue weighted by Crippen LogP contribution is -2.25. The monoisotopic (exact) mass is 169 g/mol. The standard InChI is InChI=1S/C9H15NO2/c1-10(12)9(11)7-8-5-3-2-4-6-8/h2-3,8,12H,4-7H2,1H3. The highest BCUT2D eigenvalue weighted by molar-refractivity contribution is 5.74. The smallest absolute Gasteiger partial charge is 0.245 e. The molecule has 1 rings (SSSR count). The zero-order valence-corrected chi connectivity index (χ0v) is 7.36. The Balaban J connectivity index is 2.31. The Labute approximate surface area is 72.6 Å². The van der Waals surface area contributed by atoms with Crippen LogP contribution in [-0.4, -0.2) is 23.2 Å². The van der Waals surface area contributed by atoms with Gasteiger partial charge in [0.05, 0.1) is 0 Å². The summed E-state index contributed by atoms with van der Waals surface area (Å²) in [4.78, 5) is 11.1. The van der Waals surface area contributed by atoms with Gasteiger partial charge in [-0.15, -0.1) is 0 Å². The zero-order chi connectivity index (χ0) is 8.97. The molecule has 0 aromatic heterocycles. The predicted octanol–water partition coefficient (Wildman–Crippen LogP) is 1.58. The lowest BCUT2D eigenvalue weighted by Gasteiger charge is -2.18. The highest BCUT2D eigenvalue weighted by Crippen LogP contribution is 2.21. The lowest BCUT2D eigenvalue weighted by molar-refractivity contribution is -0.160. The number of carbonyl (C=O) groups is 1. The molecule has 68 valence electrons. The fourth-order valence-corrected chi connectivity index (χ4v) is 1.42. The molecular weight excluding hydrogens is 154 g/mol. The van der Waals surface area contributed by atoms with Crippen molar-refractivity contribution in [3.63, 3.8) is 0 Å². The number of rotatable bonds is 2. The summed E-state index contributed by atoms with van der Waals surface area (Å²) in [6, 6.07) is 0. The van der Waals surface area contributed by atoms with Crippen molar-refractivity contribution in [3.8, 4) is 0 Å². The first-order valence-corrected chi connectivity index (χ1v) is 4.30. The maximum absolute atomic E-state index is 11.1. The Morgan fingerprint density at radius 3 is 2.92 bits per heavy atom. The van der Waals surface area contributed by atoms with Crippen molar-refractivity contribution in [2.45, 2.75) is 25.7 Å². The number of allylic oxidation sites excluding steroid dienone is 2. The van der Waals surface area contributed by atoms with E-state index in [1.807, 2.05) is 0 Å². The first kappa shape index (κ1) is 9.26. The van der Waals surface area contributed by atoms with E-state index in [9.17, 15) is 4.79 Å². The number of amides is 1. The lowest BCUT2D eigenvalue weighted by atomic mass is 9.91. The molecule has 0 fully saturated rings. The van der Waals surface area contributed by atoms with Crippen molar-refractivity contribution in [2.75, 3.05) is 7.05 Å². The van der Waals surface area contributed by atoms with E-state index in [1.54, 1.807) is 0 Å². The summed E-state index contributed by atoms with van der Waals surface area (Å²) < 4.78 is 0. The number of hydroxylamine groups is 2. The van der Waals surface area contributed by atoms with Gasteiger partial charge in [0.15, 0.2) is 0 Å². The van der Waals surface area contributed by atoms with Gasteiger partial charge in [0.2, 0.25) is 5.91 Å². The second-order valence-corrected chi connectivity index (χ2v) is 3.27. The van der Waals surface area contributed by atoms with E-state index in [2.05, 4.69) is 12.2 Å². The van der Waals surface area contributed by atoms with Gasteiger partial charge >= 0.3 is 0 Å². The molecular formula is C9H15NO2. The minimum atomic E-state index is -0.185. The minimum absolute atomic E-state index is 0.185. The Morgan fingerprint density at radius 1 is 1.67 bits per heavy atom. The van der Waals surface area contributed by atoms with Gasteiger partial charge in [0.1, 0.15) is 0 Å². The highest BCUT2D eigenvalue weighted by atomic mass is 16.5. The molecule has 0 aromatic rings. The molecule has 1 aliphatic carbocycles. The Bertz CT molecular complexity index is 187. The van der Waals surface area contributed by atoms with Crippen molar-refractivity contribution >= 4 is 5.91 Å². The van der Waals surface area contributed by atoms with Gasteiger partial charge < -0.3 is 0 Å². The van der Waals surface area contributed by atoms with Gasteiger partial charge in [-0.1, -0.05) is 12.2 Å². The largest absolute Gasteiger partial charge is 0.286 e. The predicted molar refractivity (Wildman–Crippen MR) is 45.7 cm³/mol. The van der Waals surface area contributed by atoms with Gasteiger partial charge in [-0.2, -0.15) is 0 Å². The molecule has 0 heterocycles. The van der Waals surface area contributed by atoms with E-state index in [-0.39, 0.29) is 5.91 Å². The molecule has 3 heteroatoms. The molecule has 0 saturated carbocycles. The fourth-order valence-electron chi connectivity index (χ4n) is 1.42. The van der Waals surface area contributed by atoms with Crippen LogP contribution in [0.15, 0.2) is 12.2 Å². The fraction of sp³-hybridized carbons (Fsp3) is 0.667. The maximum atomic E-state index is 11.1. The van der Waals surface area contributed by atoms with E-state index in [1.165, 1.54) is 7.05 Å². The molecule has 1 N–H and O–H groups in total. The summed E-state index contributed by atoms with van der Waals surface area (Å²) in [5.41, 5.74) is 0. The summed E-state index contributed by atoms with van der Waals surface area (Å²) >= 11 is 0. The van der Waals surface area contributed by atoms with Crippen LogP contribution in [-0.2, 0) is 4.79 Å². The molecule has 1 aliphatic rings. The molecule has 0 spiro atoms. The van der Waals surface area contributed by atoms with E-state index >= 15 is 0 Å². The molecule has 1 atom stereocenters. The third-order valence-corrected chi connectivity index (χ3v) is 2.20. The van der Waals surface area contributed by atoms with Crippen molar-refractivity contribution < 1.29 is 10.0 Å². The Morgan fingerprint density at radius 2 is 2.42 bits per heavy atom. The summed E-state index contributed by atoms with van der Waals surface area (Å²) in [6.45, 7) is 0. The molecule has 12 heavy (non-hydrogen) atoms. The molecule has 1 unspecified atom stereocenters. The third-order valence-electron chi connectivity index (χ3n) is 2.20. The first-order valence-electron chi connectivity index (χ1n) is 4.30. The second kappa shape index (κ2) is 4.26. The van der Waals surface area contributed by atoms with Crippen LogP contribution in [0.5, 0.6) is 0 Å². The van der Waals surface area contributed by atoms with Crippen LogP contribution in [0, 0.1) is 5.92 Å². The SMILES string of the molecule is CN(O)C(=O)CC1CC=CCC1. The molecule has 0 saturated heterocycles. The normalized spacial score (nSPS) is 22.3. The van der Waals surface area contributed by atoms with E-state index < -0.39 is 0 Å². The molecule has 1 amide bonds. The van der Waals surface area contributed by atoms with Gasteiger partial charge in [0, 0.05) is 13.5 Å². The number of carbonyl (C=O) groups excluding carboxylic acids is 1. The third kappa shape index (κ3) is 2.66. The molecule has 0 aromatic carbocycles. The quantitative estimate of drug-likeness (QED) is 0.387. The number of hydrogen-bond acceptors (Lipinski definition) is 2. The van der Waals surface area contributed by atoms with Crippen LogP contribution in [0.1, 0.15) is 25.7 Å². The molecule has 0 aliphatic heterocycles. The molecule has 0 radical (unpaired) electrons. The van der Waals surface area contributed by atoms with Crippen LogP contribution in [0.25, 0.3) is 0 Å². The minimum Gasteiger partial charge on any atom is -0.286 e. The van der Waals surface area contributed by atoms with Crippen LogP contribution < -0.4 is 0 Å². The van der Waals surface area contributed by atoms with Crippen molar-refractivity contribution in [1.82, 2.24) is 5.06 Å².